The summed E-state index contributed by atoms with van der Waals surface area (Å²) in [7, 11) is 0. The summed E-state index contributed by atoms with van der Waals surface area (Å²) in [4.78, 5) is 14.3. The predicted octanol–water partition coefficient (Wildman–Crippen LogP) is 2.04. The van der Waals surface area contributed by atoms with E-state index < -0.39 is 0 Å². The Morgan fingerprint density at radius 1 is 1.18 bits per heavy atom. The van der Waals surface area contributed by atoms with E-state index in [1.165, 1.54) is 0 Å². The molecule has 3 aromatic rings. The van der Waals surface area contributed by atoms with Crippen molar-refractivity contribution in [2.45, 2.75) is 0 Å². The average Bonchev–Trinajstić information content (AvgIpc) is 3.03. The molecule has 1 aromatic carbocycles. The molecule has 3 N–H and O–H groups in total. The molecule has 6 nitrogen and oxygen atoms in total. The Labute approximate surface area is 127 Å². The Bertz CT molecular complexity index is 807. The van der Waals surface area contributed by atoms with Crippen LogP contribution in [0.25, 0.3) is 22.3 Å². The average molecular weight is 295 g/mol. The SMILES string of the molecule is Nc1cc(N2CCOCC2)cc(-c2cccc3[nH]cnc23)n1. The number of nitrogens with two attached hydrogens (primary N) is 1. The number of aromatic amines is 1. The zero-order chi connectivity index (χ0) is 14.9. The number of imidazole rings is 1. The summed E-state index contributed by atoms with van der Waals surface area (Å²) in [6.07, 6.45) is 1.70. The lowest BCUT2D eigenvalue weighted by Gasteiger charge is -2.29. The molecule has 1 aliphatic rings. The summed E-state index contributed by atoms with van der Waals surface area (Å²) >= 11 is 0. The van der Waals surface area contributed by atoms with Crippen LogP contribution in [-0.2, 0) is 4.74 Å². The van der Waals surface area contributed by atoms with Gasteiger partial charge in [0.25, 0.3) is 0 Å². The molecule has 22 heavy (non-hydrogen) atoms. The Morgan fingerprint density at radius 3 is 2.91 bits per heavy atom. The van der Waals surface area contributed by atoms with E-state index in [-0.39, 0.29) is 0 Å². The molecule has 2 aromatic heterocycles. The number of ether oxygens (including phenoxy) is 1. The highest BCUT2D eigenvalue weighted by atomic mass is 16.5. The number of benzene rings is 1. The molecule has 1 fully saturated rings. The molecule has 6 heteroatoms. The molecule has 0 saturated carbocycles. The van der Waals surface area contributed by atoms with Crippen molar-refractivity contribution in [1.82, 2.24) is 15.0 Å². The van der Waals surface area contributed by atoms with Crippen LogP contribution in [0.5, 0.6) is 0 Å². The highest BCUT2D eigenvalue weighted by Gasteiger charge is 2.15. The van der Waals surface area contributed by atoms with E-state index in [4.69, 9.17) is 10.5 Å². The molecule has 112 valence electrons. The molecule has 0 aliphatic carbocycles. The number of hydrogen-bond donors (Lipinski definition) is 2. The molecule has 0 radical (unpaired) electrons. The fraction of sp³-hybridized carbons (Fsp3) is 0.250. The van der Waals surface area contributed by atoms with E-state index in [0.29, 0.717) is 5.82 Å². The number of rotatable bonds is 2. The smallest absolute Gasteiger partial charge is 0.126 e. The van der Waals surface area contributed by atoms with Crippen molar-refractivity contribution >= 4 is 22.5 Å². The molecule has 0 atom stereocenters. The third-order valence-electron chi connectivity index (χ3n) is 3.93. The Morgan fingerprint density at radius 2 is 2.05 bits per heavy atom. The van der Waals surface area contributed by atoms with E-state index in [1.807, 2.05) is 24.3 Å². The predicted molar refractivity (Wildman–Crippen MR) is 86.8 cm³/mol. The normalized spacial score (nSPS) is 15.4. The number of pyridine rings is 1. The first kappa shape index (κ1) is 13.1. The molecule has 1 saturated heterocycles. The van der Waals surface area contributed by atoms with Crippen LogP contribution in [-0.4, -0.2) is 41.3 Å². The molecule has 3 heterocycles. The summed E-state index contributed by atoms with van der Waals surface area (Å²) < 4.78 is 5.41. The number of aromatic nitrogens is 3. The second kappa shape index (κ2) is 5.31. The van der Waals surface area contributed by atoms with Gasteiger partial charge in [-0.05, 0) is 12.1 Å². The lowest BCUT2D eigenvalue weighted by Crippen LogP contribution is -2.36. The number of nitrogens with zero attached hydrogens (tertiary/aromatic N) is 3. The van der Waals surface area contributed by atoms with Gasteiger partial charge < -0.3 is 20.4 Å². The number of morpholine rings is 1. The minimum atomic E-state index is 0.520. The first-order valence-corrected chi connectivity index (χ1v) is 7.34. The summed E-state index contributed by atoms with van der Waals surface area (Å²) in [6.45, 7) is 3.23. The maximum Gasteiger partial charge on any atom is 0.126 e. The maximum absolute atomic E-state index is 6.03. The van der Waals surface area contributed by atoms with Crippen molar-refractivity contribution in [1.29, 1.82) is 0 Å². The van der Waals surface area contributed by atoms with Gasteiger partial charge in [0.05, 0.1) is 36.3 Å². The van der Waals surface area contributed by atoms with Gasteiger partial charge in [-0.3, -0.25) is 0 Å². The van der Waals surface area contributed by atoms with E-state index in [2.05, 4.69) is 25.9 Å². The van der Waals surface area contributed by atoms with Crippen LogP contribution in [0.4, 0.5) is 11.5 Å². The number of para-hydroxylation sites is 1. The minimum absolute atomic E-state index is 0.520. The maximum atomic E-state index is 6.03. The van der Waals surface area contributed by atoms with Crippen molar-refractivity contribution in [3.8, 4) is 11.3 Å². The summed E-state index contributed by atoms with van der Waals surface area (Å²) in [5.74, 6) is 0.520. The minimum Gasteiger partial charge on any atom is -0.384 e. The summed E-state index contributed by atoms with van der Waals surface area (Å²) in [6, 6.07) is 10.0. The van der Waals surface area contributed by atoms with Crippen molar-refractivity contribution in [2.75, 3.05) is 36.9 Å². The first-order valence-electron chi connectivity index (χ1n) is 7.34. The highest BCUT2D eigenvalue weighted by Crippen LogP contribution is 2.29. The second-order valence-corrected chi connectivity index (χ2v) is 5.34. The van der Waals surface area contributed by atoms with Crippen LogP contribution < -0.4 is 10.6 Å². The highest BCUT2D eigenvalue weighted by molar-refractivity contribution is 5.91. The third-order valence-corrected chi connectivity index (χ3v) is 3.93. The van der Waals surface area contributed by atoms with Crippen molar-refractivity contribution in [2.24, 2.45) is 0 Å². The van der Waals surface area contributed by atoms with Crippen LogP contribution in [0.3, 0.4) is 0 Å². The number of hydrogen-bond acceptors (Lipinski definition) is 5. The van der Waals surface area contributed by atoms with Gasteiger partial charge in [0, 0.05) is 30.4 Å². The number of fused-ring (bicyclic) bond motifs is 1. The fourth-order valence-electron chi connectivity index (χ4n) is 2.85. The second-order valence-electron chi connectivity index (χ2n) is 5.34. The lowest BCUT2D eigenvalue weighted by atomic mass is 10.1. The fourth-order valence-corrected chi connectivity index (χ4v) is 2.85. The van der Waals surface area contributed by atoms with Crippen molar-refractivity contribution in [3.63, 3.8) is 0 Å². The van der Waals surface area contributed by atoms with E-state index >= 15 is 0 Å². The number of anilines is 2. The van der Waals surface area contributed by atoms with Gasteiger partial charge >= 0.3 is 0 Å². The van der Waals surface area contributed by atoms with Crippen LogP contribution >= 0.6 is 0 Å². The standard InChI is InChI=1S/C16H17N5O/c17-15-9-11(21-4-6-22-7-5-21)8-14(20-15)12-2-1-3-13-16(12)19-10-18-13/h1-3,8-10H,4-7H2,(H2,17,20)(H,18,19). The van der Waals surface area contributed by atoms with Crippen molar-refractivity contribution < 1.29 is 4.74 Å². The third kappa shape index (κ3) is 2.27. The van der Waals surface area contributed by atoms with Gasteiger partial charge in [-0.15, -0.1) is 0 Å². The molecule has 4 rings (SSSR count). The topological polar surface area (TPSA) is 80.1 Å². The Hall–Kier alpha value is -2.60. The van der Waals surface area contributed by atoms with Gasteiger partial charge in [-0.25, -0.2) is 9.97 Å². The van der Waals surface area contributed by atoms with Crippen LogP contribution in [0, 0.1) is 0 Å². The number of H-pyrrole nitrogens is 1. The number of nitrogen functional groups attached to an aromatic ring is 1. The van der Waals surface area contributed by atoms with Gasteiger partial charge in [0.2, 0.25) is 0 Å². The summed E-state index contributed by atoms with van der Waals surface area (Å²) in [5, 5.41) is 0. The monoisotopic (exact) mass is 295 g/mol. The molecule has 0 unspecified atom stereocenters. The first-order chi connectivity index (χ1) is 10.8. The van der Waals surface area contributed by atoms with Gasteiger partial charge in [0.1, 0.15) is 5.82 Å². The zero-order valence-electron chi connectivity index (χ0n) is 12.1. The lowest BCUT2D eigenvalue weighted by molar-refractivity contribution is 0.122. The molecular weight excluding hydrogens is 278 g/mol. The molecule has 1 aliphatic heterocycles. The van der Waals surface area contributed by atoms with E-state index in [0.717, 1.165) is 54.3 Å². The molecular formula is C16H17N5O. The summed E-state index contributed by atoms with van der Waals surface area (Å²) in [5.41, 5.74) is 10.8. The van der Waals surface area contributed by atoms with Crippen LogP contribution in [0.15, 0.2) is 36.7 Å². The zero-order valence-corrected chi connectivity index (χ0v) is 12.1. The Balaban J connectivity index is 1.81. The molecule has 0 spiro atoms. The Kier molecular flexibility index (Phi) is 3.16. The number of nitrogens with one attached hydrogen (secondary N) is 1. The van der Waals surface area contributed by atoms with Crippen molar-refractivity contribution in [3.05, 3.63) is 36.7 Å². The van der Waals surface area contributed by atoms with Gasteiger partial charge in [0.15, 0.2) is 0 Å². The van der Waals surface area contributed by atoms with Crippen LogP contribution in [0.2, 0.25) is 0 Å². The molecule has 0 bridgehead atoms. The van der Waals surface area contributed by atoms with Gasteiger partial charge in [-0.1, -0.05) is 12.1 Å². The van der Waals surface area contributed by atoms with Gasteiger partial charge in [-0.2, -0.15) is 0 Å². The van der Waals surface area contributed by atoms with E-state index in [9.17, 15) is 0 Å². The molecule has 0 amide bonds. The largest absolute Gasteiger partial charge is 0.384 e. The van der Waals surface area contributed by atoms with E-state index in [1.54, 1.807) is 6.33 Å². The quantitative estimate of drug-likeness (QED) is 0.756. The van der Waals surface area contributed by atoms with Crippen LogP contribution in [0.1, 0.15) is 0 Å².